The molecule has 1 aromatic carbocycles. The number of methoxy groups -OCH3 is 2. The minimum Gasteiger partial charge on any atom is -0.497 e. The van der Waals surface area contributed by atoms with E-state index in [0.29, 0.717) is 19.7 Å². The number of nitrogens with one attached hydrogen (secondary N) is 2. The summed E-state index contributed by atoms with van der Waals surface area (Å²) < 4.78 is 10.1. The molecule has 0 aliphatic heterocycles. The highest BCUT2D eigenvalue weighted by Crippen LogP contribution is 2.18. The number of rotatable bonds is 9. The molecule has 0 bridgehead atoms. The lowest BCUT2D eigenvalue weighted by molar-refractivity contribution is -0.120. The lowest BCUT2D eigenvalue weighted by atomic mass is 10.1. The van der Waals surface area contributed by atoms with Crippen molar-refractivity contribution in [3.8, 4) is 5.75 Å². The zero-order valence-corrected chi connectivity index (χ0v) is 12.4. The van der Waals surface area contributed by atoms with Gasteiger partial charge in [0.1, 0.15) is 5.75 Å². The summed E-state index contributed by atoms with van der Waals surface area (Å²) in [6.07, 6.45) is 0.827. The first-order valence-electron chi connectivity index (χ1n) is 6.80. The van der Waals surface area contributed by atoms with Crippen LogP contribution in [0.5, 0.6) is 5.75 Å². The van der Waals surface area contributed by atoms with Crippen LogP contribution in [0.25, 0.3) is 0 Å². The summed E-state index contributed by atoms with van der Waals surface area (Å²) in [6, 6.07) is 7.91. The summed E-state index contributed by atoms with van der Waals surface area (Å²) in [6.45, 7) is 3.62. The summed E-state index contributed by atoms with van der Waals surface area (Å²) in [4.78, 5) is 11.6. The van der Waals surface area contributed by atoms with Gasteiger partial charge in [-0.1, -0.05) is 12.1 Å². The van der Waals surface area contributed by atoms with Gasteiger partial charge in [-0.3, -0.25) is 4.79 Å². The van der Waals surface area contributed by atoms with Crippen LogP contribution in [0.4, 0.5) is 0 Å². The zero-order valence-electron chi connectivity index (χ0n) is 12.4. The third-order valence-corrected chi connectivity index (χ3v) is 3.01. The Morgan fingerprint density at radius 2 is 2.15 bits per heavy atom. The van der Waals surface area contributed by atoms with Crippen LogP contribution in [0.3, 0.4) is 0 Å². The van der Waals surface area contributed by atoms with Gasteiger partial charge < -0.3 is 20.1 Å². The summed E-state index contributed by atoms with van der Waals surface area (Å²) in [5.74, 6) is 0.816. The molecule has 0 radical (unpaired) electrons. The second-order valence-electron chi connectivity index (χ2n) is 4.58. The van der Waals surface area contributed by atoms with Crippen LogP contribution in [0.1, 0.15) is 24.9 Å². The number of hydrogen-bond donors (Lipinski definition) is 2. The van der Waals surface area contributed by atoms with Crippen LogP contribution >= 0.6 is 0 Å². The Morgan fingerprint density at radius 1 is 1.35 bits per heavy atom. The SMILES string of the molecule is COCCCNC(=O)CN[C@@H](C)c1cccc(OC)c1. The second-order valence-corrected chi connectivity index (χ2v) is 4.58. The molecule has 0 heterocycles. The molecule has 1 rings (SSSR count). The first-order valence-corrected chi connectivity index (χ1v) is 6.80. The molecule has 1 atom stereocenters. The van der Waals surface area contributed by atoms with E-state index < -0.39 is 0 Å². The molecule has 0 aliphatic rings. The monoisotopic (exact) mass is 280 g/mol. The number of hydrogen-bond acceptors (Lipinski definition) is 4. The van der Waals surface area contributed by atoms with Crippen molar-refractivity contribution in [1.82, 2.24) is 10.6 Å². The first-order chi connectivity index (χ1) is 9.67. The van der Waals surface area contributed by atoms with E-state index >= 15 is 0 Å². The third kappa shape index (κ3) is 6.04. The number of amides is 1. The molecule has 0 saturated heterocycles. The van der Waals surface area contributed by atoms with E-state index in [1.807, 2.05) is 31.2 Å². The molecule has 0 aromatic heterocycles. The fourth-order valence-electron chi connectivity index (χ4n) is 1.78. The van der Waals surface area contributed by atoms with Gasteiger partial charge in [-0.25, -0.2) is 0 Å². The van der Waals surface area contributed by atoms with Gasteiger partial charge in [0.2, 0.25) is 5.91 Å². The molecule has 1 amide bonds. The molecule has 1 aromatic rings. The topological polar surface area (TPSA) is 59.6 Å². The molecule has 112 valence electrons. The van der Waals surface area contributed by atoms with Crippen LogP contribution in [0.15, 0.2) is 24.3 Å². The van der Waals surface area contributed by atoms with Gasteiger partial charge in [-0.2, -0.15) is 0 Å². The second kappa shape index (κ2) is 9.34. The van der Waals surface area contributed by atoms with Crippen LogP contribution in [-0.2, 0) is 9.53 Å². The van der Waals surface area contributed by atoms with E-state index in [-0.39, 0.29) is 11.9 Å². The van der Waals surface area contributed by atoms with E-state index in [1.54, 1.807) is 14.2 Å². The fourth-order valence-corrected chi connectivity index (χ4v) is 1.78. The number of ether oxygens (including phenoxy) is 2. The van der Waals surface area contributed by atoms with Crippen molar-refractivity contribution in [2.24, 2.45) is 0 Å². The molecular weight excluding hydrogens is 256 g/mol. The Kier molecular flexibility index (Phi) is 7.69. The smallest absolute Gasteiger partial charge is 0.233 e. The first kappa shape index (κ1) is 16.5. The molecule has 0 unspecified atom stereocenters. The van der Waals surface area contributed by atoms with E-state index in [1.165, 1.54) is 0 Å². The maximum Gasteiger partial charge on any atom is 0.233 e. The van der Waals surface area contributed by atoms with Crippen LogP contribution in [0, 0.1) is 0 Å². The number of carbonyl (C=O) groups is 1. The average Bonchev–Trinajstić information content (AvgIpc) is 2.49. The van der Waals surface area contributed by atoms with Gasteiger partial charge in [0.25, 0.3) is 0 Å². The molecule has 0 spiro atoms. The van der Waals surface area contributed by atoms with Crippen LogP contribution < -0.4 is 15.4 Å². The predicted octanol–water partition coefficient (Wildman–Crippen LogP) is 1.50. The maximum atomic E-state index is 11.6. The standard InChI is InChI=1S/C15H24N2O3/c1-12(13-6-4-7-14(10-13)20-3)17-11-15(18)16-8-5-9-19-2/h4,6-7,10,12,17H,5,8-9,11H2,1-3H3,(H,16,18)/t12-/m0/s1. The van der Waals surface area contributed by atoms with Crippen LogP contribution in [0.2, 0.25) is 0 Å². The van der Waals surface area contributed by atoms with Gasteiger partial charge in [0.15, 0.2) is 0 Å². The molecule has 5 nitrogen and oxygen atoms in total. The Morgan fingerprint density at radius 3 is 2.85 bits per heavy atom. The van der Waals surface area contributed by atoms with Crippen molar-refractivity contribution < 1.29 is 14.3 Å². The highest BCUT2D eigenvalue weighted by Gasteiger charge is 2.08. The molecule has 0 aliphatic carbocycles. The van der Waals surface area contributed by atoms with Crippen molar-refractivity contribution in [2.75, 3.05) is 33.9 Å². The average molecular weight is 280 g/mol. The maximum absolute atomic E-state index is 11.6. The summed E-state index contributed by atoms with van der Waals surface area (Å²) in [7, 11) is 3.30. The Balaban J connectivity index is 2.31. The molecule has 0 fully saturated rings. The van der Waals surface area contributed by atoms with Crippen LogP contribution in [-0.4, -0.2) is 39.8 Å². The molecule has 0 saturated carbocycles. The van der Waals surface area contributed by atoms with E-state index in [9.17, 15) is 4.79 Å². The number of benzene rings is 1. The quantitative estimate of drug-likeness (QED) is 0.673. The van der Waals surface area contributed by atoms with Crippen molar-refractivity contribution in [3.63, 3.8) is 0 Å². The van der Waals surface area contributed by atoms with Crippen molar-refractivity contribution in [2.45, 2.75) is 19.4 Å². The lowest BCUT2D eigenvalue weighted by Crippen LogP contribution is -2.35. The number of carbonyl (C=O) groups excluding carboxylic acids is 1. The van der Waals surface area contributed by atoms with Gasteiger partial charge >= 0.3 is 0 Å². The van der Waals surface area contributed by atoms with E-state index in [4.69, 9.17) is 9.47 Å². The molecule has 5 heteroatoms. The van der Waals surface area contributed by atoms with Gasteiger partial charge in [-0.05, 0) is 31.0 Å². The fraction of sp³-hybridized carbons (Fsp3) is 0.533. The highest BCUT2D eigenvalue weighted by atomic mass is 16.5. The van der Waals surface area contributed by atoms with Gasteiger partial charge in [0, 0.05) is 26.3 Å². The van der Waals surface area contributed by atoms with Gasteiger partial charge in [-0.15, -0.1) is 0 Å². The van der Waals surface area contributed by atoms with Crippen molar-refractivity contribution >= 4 is 5.91 Å². The summed E-state index contributed by atoms with van der Waals surface area (Å²) in [5, 5.41) is 6.03. The van der Waals surface area contributed by atoms with E-state index in [0.717, 1.165) is 17.7 Å². The van der Waals surface area contributed by atoms with Gasteiger partial charge in [0.05, 0.1) is 13.7 Å². The largest absolute Gasteiger partial charge is 0.497 e. The summed E-state index contributed by atoms with van der Waals surface area (Å²) in [5.41, 5.74) is 1.09. The van der Waals surface area contributed by atoms with Crippen molar-refractivity contribution in [1.29, 1.82) is 0 Å². The zero-order chi connectivity index (χ0) is 14.8. The van der Waals surface area contributed by atoms with E-state index in [2.05, 4.69) is 10.6 Å². The highest BCUT2D eigenvalue weighted by molar-refractivity contribution is 5.77. The normalized spacial score (nSPS) is 11.9. The Labute approximate surface area is 120 Å². The Hall–Kier alpha value is -1.59. The summed E-state index contributed by atoms with van der Waals surface area (Å²) >= 11 is 0. The lowest BCUT2D eigenvalue weighted by Gasteiger charge is -2.15. The molecular formula is C15H24N2O3. The predicted molar refractivity (Wildman–Crippen MR) is 78.9 cm³/mol. The molecule has 2 N–H and O–H groups in total. The Bertz CT molecular complexity index is 410. The minimum absolute atomic E-state index is 0.00384. The molecule has 20 heavy (non-hydrogen) atoms. The third-order valence-electron chi connectivity index (χ3n) is 3.01. The minimum atomic E-state index is -0.00384. The van der Waals surface area contributed by atoms with Crippen molar-refractivity contribution in [3.05, 3.63) is 29.8 Å².